The van der Waals surface area contributed by atoms with Crippen LogP contribution in [0.3, 0.4) is 0 Å². The van der Waals surface area contributed by atoms with Crippen LogP contribution in [0.1, 0.15) is 18.4 Å². The number of nitrogens with one attached hydrogen (secondary N) is 2. The Labute approximate surface area is 125 Å². The van der Waals surface area contributed by atoms with Crippen molar-refractivity contribution in [2.24, 2.45) is 0 Å². The molecule has 1 fully saturated rings. The van der Waals surface area contributed by atoms with Gasteiger partial charge in [-0.25, -0.2) is 0 Å². The van der Waals surface area contributed by atoms with Crippen LogP contribution in [-0.2, 0) is 11.3 Å². The van der Waals surface area contributed by atoms with Crippen LogP contribution in [0.4, 0.5) is 0 Å². The Balaban J connectivity index is 0.00000200. The summed E-state index contributed by atoms with van der Waals surface area (Å²) in [7, 11) is 3.22. The van der Waals surface area contributed by atoms with Crippen molar-refractivity contribution in [1.29, 1.82) is 0 Å². The smallest absolute Gasteiger partial charge is 0.237 e. The van der Waals surface area contributed by atoms with Gasteiger partial charge in [0, 0.05) is 18.2 Å². The number of halogens is 1. The number of methoxy groups -OCH3 is 2. The monoisotopic (exact) mass is 300 g/mol. The average molecular weight is 301 g/mol. The first-order valence-electron chi connectivity index (χ1n) is 6.46. The molecule has 112 valence electrons. The van der Waals surface area contributed by atoms with Crippen molar-refractivity contribution in [1.82, 2.24) is 10.6 Å². The van der Waals surface area contributed by atoms with E-state index < -0.39 is 0 Å². The van der Waals surface area contributed by atoms with Gasteiger partial charge in [0.15, 0.2) is 0 Å². The summed E-state index contributed by atoms with van der Waals surface area (Å²) in [5, 5.41) is 6.11. The molecule has 1 aromatic carbocycles. The number of carbonyl (C=O) groups is 1. The second-order valence-electron chi connectivity index (χ2n) is 4.54. The molecule has 1 saturated heterocycles. The third-order valence-corrected chi connectivity index (χ3v) is 3.32. The van der Waals surface area contributed by atoms with Crippen molar-refractivity contribution in [3.8, 4) is 11.5 Å². The molecule has 0 bridgehead atoms. The first kappa shape index (κ1) is 16.6. The van der Waals surface area contributed by atoms with Gasteiger partial charge in [-0.15, -0.1) is 12.4 Å². The van der Waals surface area contributed by atoms with E-state index in [1.54, 1.807) is 14.2 Å². The average Bonchev–Trinajstić information content (AvgIpc) is 2.98. The molecule has 20 heavy (non-hydrogen) atoms. The van der Waals surface area contributed by atoms with Crippen LogP contribution in [0.5, 0.6) is 11.5 Å². The van der Waals surface area contributed by atoms with Gasteiger partial charge in [0.05, 0.1) is 20.3 Å². The SMILES string of the molecule is COc1ccc(CNC(=O)C2CCCN2)c(OC)c1.Cl. The number of ether oxygens (including phenoxy) is 2. The fourth-order valence-corrected chi connectivity index (χ4v) is 2.21. The van der Waals surface area contributed by atoms with Gasteiger partial charge in [0.2, 0.25) is 5.91 Å². The maximum absolute atomic E-state index is 11.9. The number of hydrogen-bond donors (Lipinski definition) is 2. The molecule has 1 unspecified atom stereocenters. The van der Waals surface area contributed by atoms with Crippen LogP contribution in [0.15, 0.2) is 18.2 Å². The molecule has 0 aromatic heterocycles. The summed E-state index contributed by atoms with van der Waals surface area (Å²) < 4.78 is 10.4. The van der Waals surface area contributed by atoms with Crippen LogP contribution in [0, 0.1) is 0 Å². The van der Waals surface area contributed by atoms with Gasteiger partial charge in [-0.3, -0.25) is 4.79 Å². The number of hydrogen-bond acceptors (Lipinski definition) is 4. The minimum absolute atomic E-state index is 0. The molecule has 0 radical (unpaired) electrons. The lowest BCUT2D eigenvalue weighted by atomic mass is 10.1. The highest BCUT2D eigenvalue weighted by Crippen LogP contribution is 2.24. The van der Waals surface area contributed by atoms with Crippen LogP contribution in [0.2, 0.25) is 0 Å². The maximum Gasteiger partial charge on any atom is 0.237 e. The molecule has 0 spiro atoms. The maximum atomic E-state index is 11.9. The summed E-state index contributed by atoms with van der Waals surface area (Å²) in [6.45, 7) is 1.38. The van der Waals surface area contributed by atoms with E-state index in [0.29, 0.717) is 6.54 Å². The predicted octanol–water partition coefficient (Wildman–Crippen LogP) is 1.49. The number of amides is 1. The fourth-order valence-electron chi connectivity index (χ4n) is 2.21. The van der Waals surface area contributed by atoms with Gasteiger partial charge in [0.1, 0.15) is 11.5 Å². The Morgan fingerprint density at radius 1 is 1.40 bits per heavy atom. The standard InChI is InChI=1S/C14H20N2O3.ClH/c1-18-11-6-5-10(13(8-11)19-2)9-16-14(17)12-4-3-7-15-12;/h5-6,8,12,15H,3-4,7,9H2,1-2H3,(H,16,17);1H. The third kappa shape index (κ3) is 4.02. The second kappa shape index (κ2) is 7.97. The lowest BCUT2D eigenvalue weighted by Crippen LogP contribution is -2.40. The molecule has 1 amide bonds. The molecule has 1 heterocycles. The van der Waals surface area contributed by atoms with E-state index in [2.05, 4.69) is 10.6 Å². The van der Waals surface area contributed by atoms with Crippen LogP contribution >= 0.6 is 12.4 Å². The van der Waals surface area contributed by atoms with Crippen LogP contribution in [-0.4, -0.2) is 32.7 Å². The summed E-state index contributed by atoms with van der Waals surface area (Å²) in [5.74, 6) is 1.51. The molecule has 6 heteroatoms. The summed E-state index contributed by atoms with van der Waals surface area (Å²) in [6, 6.07) is 5.52. The van der Waals surface area contributed by atoms with E-state index in [0.717, 1.165) is 36.4 Å². The van der Waals surface area contributed by atoms with Gasteiger partial charge >= 0.3 is 0 Å². The topological polar surface area (TPSA) is 59.6 Å². The highest BCUT2D eigenvalue weighted by molar-refractivity contribution is 5.85. The van der Waals surface area contributed by atoms with E-state index in [1.165, 1.54) is 0 Å². The van der Waals surface area contributed by atoms with Crippen molar-refractivity contribution < 1.29 is 14.3 Å². The molecule has 0 saturated carbocycles. The first-order valence-corrected chi connectivity index (χ1v) is 6.46. The van der Waals surface area contributed by atoms with E-state index in [4.69, 9.17) is 9.47 Å². The number of benzene rings is 1. The third-order valence-electron chi connectivity index (χ3n) is 3.32. The van der Waals surface area contributed by atoms with E-state index in [-0.39, 0.29) is 24.4 Å². The highest BCUT2D eigenvalue weighted by atomic mass is 35.5. The second-order valence-corrected chi connectivity index (χ2v) is 4.54. The Morgan fingerprint density at radius 2 is 2.20 bits per heavy atom. The Bertz CT molecular complexity index is 448. The van der Waals surface area contributed by atoms with E-state index in [9.17, 15) is 4.79 Å². The van der Waals surface area contributed by atoms with Crippen molar-refractivity contribution >= 4 is 18.3 Å². The molecule has 0 aliphatic carbocycles. The zero-order chi connectivity index (χ0) is 13.7. The quantitative estimate of drug-likeness (QED) is 0.865. The zero-order valence-electron chi connectivity index (χ0n) is 11.8. The Morgan fingerprint density at radius 3 is 2.80 bits per heavy atom. The van der Waals surface area contributed by atoms with Crippen LogP contribution in [0.25, 0.3) is 0 Å². The lowest BCUT2D eigenvalue weighted by molar-refractivity contribution is -0.122. The van der Waals surface area contributed by atoms with Gasteiger partial charge in [-0.1, -0.05) is 0 Å². The Hall–Kier alpha value is -1.46. The molecular weight excluding hydrogens is 280 g/mol. The Kier molecular flexibility index (Phi) is 6.61. The predicted molar refractivity (Wildman–Crippen MR) is 79.7 cm³/mol. The van der Waals surface area contributed by atoms with E-state index in [1.807, 2.05) is 18.2 Å². The molecule has 1 atom stereocenters. The molecular formula is C14H21ClN2O3. The fraction of sp³-hybridized carbons (Fsp3) is 0.500. The molecule has 5 nitrogen and oxygen atoms in total. The summed E-state index contributed by atoms with van der Waals surface area (Å²) in [4.78, 5) is 11.9. The molecule has 1 aromatic rings. The van der Waals surface area contributed by atoms with Crippen molar-refractivity contribution in [3.63, 3.8) is 0 Å². The van der Waals surface area contributed by atoms with Gasteiger partial charge in [-0.05, 0) is 31.5 Å². The first-order chi connectivity index (χ1) is 9.24. The van der Waals surface area contributed by atoms with E-state index >= 15 is 0 Å². The molecule has 1 aliphatic heterocycles. The zero-order valence-corrected chi connectivity index (χ0v) is 12.6. The number of carbonyl (C=O) groups excluding carboxylic acids is 1. The molecule has 2 N–H and O–H groups in total. The lowest BCUT2D eigenvalue weighted by Gasteiger charge is -2.13. The molecule has 2 rings (SSSR count). The summed E-state index contributed by atoms with van der Waals surface area (Å²) in [6.07, 6.45) is 1.97. The van der Waals surface area contributed by atoms with Crippen molar-refractivity contribution in [2.75, 3.05) is 20.8 Å². The van der Waals surface area contributed by atoms with Gasteiger partial charge in [-0.2, -0.15) is 0 Å². The van der Waals surface area contributed by atoms with Crippen molar-refractivity contribution in [2.45, 2.75) is 25.4 Å². The largest absolute Gasteiger partial charge is 0.497 e. The number of rotatable bonds is 5. The highest BCUT2D eigenvalue weighted by Gasteiger charge is 2.21. The minimum Gasteiger partial charge on any atom is -0.497 e. The normalized spacial score (nSPS) is 17.2. The summed E-state index contributed by atoms with van der Waals surface area (Å²) in [5.41, 5.74) is 0.939. The van der Waals surface area contributed by atoms with Crippen LogP contribution < -0.4 is 20.1 Å². The molecule has 1 aliphatic rings. The minimum atomic E-state index is -0.0516. The van der Waals surface area contributed by atoms with Gasteiger partial charge in [0.25, 0.3) is 0 Å². The van der Waals surface area contributed by atoms with Gasteiger partial charge < -0.3 is 20.1 Å². The van der Waals surface area contributed by atoms with Crippen molar-refractivity contribution in [3.05, 3.63) is 23.8 Å². The summed E-state index contributed by atoms with van der Waals surface area (Å²) >= 11 is 0.